The number of hydrogen-bond donors (Lipinski definition) is 1. The molecule has 5 nitrogen and oxygen atoms in total. The lowest BCUT2D eigenvalue weighted by Gasteiger charge is -2.11. The smallest absolute Gasteiger partial charge is 0.225 e. The second-order valence-corrected chi connectivity index (χ2v) is 18.5. The van der Waals surface area contributed by atoms with E-state index in [1.807, 2.05) is 24.5 Å². The first-order valence-electron chi connectivity index (χ1n) is 25.3. The van der Waals surface area contributed by atoms with E-state index in [0.29, 0.717) is 18.2 Å². The minimum Gasteiger partial charge on any atom is -0.330 e. The number of unbranched alkanes of at least 4 members (excludes halogenated alkanes) is 24. The lowest BCUT2D eigenvalue weighted by Crippen LogP contribution is -2.13. The maximum absolute atomic E-state index is 13.0. The van der Waals surface area contributed by atoms with Gasteiger partial charge < -0.3 is 9.88 Å². The number of amides is 1. The SMILES string of the molecule is CCCCCCCCCCCCC/C(=C/CCCC/C(C)=C/CCCCCC(=O)Nc1nc2ccccc2c2c1ncn2CC(C)C)CCCCCCCCCCCC. The standard InChI is InChI=1S/C54H90N4O/c1-6-8-10-12-14-16-18-20-22-24-31-39-48(38-30-23-21-19-17-15-13-11-9-7-2)40-32-27-29-37-47(5)36-28-25-26-33-43-51(59)57-54-52-53(58(45-55-52)44-46(3)4)49-41-34-35-42-50(49)56-54/h34-36,40-42,45-46H,6-33,37-39,43-44H2,1-5H3,(H,56,57,59)/b47-36+,48-40+. The highest BCUT2D eigenvalue weighted by Crippen LogP contribution is 2.29. The van der Waals surface area contributed by atoms with Gasteiger partial charge in [0, 0.05) is 18.4 Å². The molecule has 0 saturated heterocycles. The fourth-order valence-corrected chi connectivity index (χ4v) is 8.69. The van der Waals surface area contributed by atoms with Crippen LogP contribution in [0.1, 0.15) is 240 Å². The number of fused-ring (bicyclic) bond motifs is 3. The van der Waals surface area contributed by atoms with Gasteiger partial charge in [-0.15, -0.1) is 0 Å². The Balaban J connectivity index is 1.31. The second kappa shape index (κ2) is 32.8. The van der Waals surface area contributed by atoms with Crippen LogP contribution in [0.3, 0.4) is 0 Å². The van der Waals surface area contributed by atoms with Crippen LogP contribution in [0.2, 0.25) is 0 Å². The molecule has 0 spiro atoms. The van der Waals surface area contributed by atoms with Crippen LogP contribution >= 0.6 is 0 Å². The zero-order chi connectivity index (χ0) is 42.2. The molecule has 3 aromatic rings. The third kappa shape index (κ3) is 22.5. The van der Waals surface area contributed by atoms with E-state index in [1.165, 1.54) is 179 Å². The summed E-state index contributed by atoms with van der Waals surface area (Å²) in [5.74, 6) is 1.10. The molecule has 0 aliphatic heterocycles. The molecular formula is C54H90N4O. The van der Waals surface area contributed by atoms with Crippen LogP contribution < -0.4 is 5.32 Å². The van der Waals surface area contributed by atoms with Gasteiger partial charge in [-0.3, -0.25) is 4.79 Å². The summed E-state index contributed by atoms with van der Waals surface area (Å²) in [6.45, 7) is 12.2. The Hall–Kier alpha value is -2.95. The summed E-state index contributed by atoms with van der Waals surface area (Å²) in [5, 5.41) is 4.18. The molecule has 0 saturated carbocycles. The number of carbonyl (C=O) groups excluding carboxylic acids is 1. The van der Waals surface area contributed by atoms with Gasteiger partial charge in [0.2, 0.25) is 5.91 Å². The first kappa shape index (κ1) is 50.4. The van der Waals surface area contributed by atoms with Crippen molar-refractivity contribution >= 4 is 33.7 Å². The van der Waals surface area contributed by atoms with Crippen LogP contribution in [0.25, 0.3) is 21.9 Å². The Morgan fingerprint density at radius 3 is 1.71 bits per heavy atom. The summed E-state index contributed by atoms with van der Waals surface area (Å²) in [6.07, 6.45) is 49.3. The number of allylic oxidation sites excluding steroid dienone is 4. The number of benzene rings is 1. The van der Waals surface area contributed by atoms with E-state index < -0.39 is 0 Å². The van der Waals surface area contributed by atoms with Crippen molar-refractivity contribution in [1.29, 1.82) is 0 Å². The molecule has 332 valence electrons. The minimum atomic E-state index is 0.0266. The third-order valence-electron chi connectivity index (χ3n) is 12.3. The van der Waals surface area contributed by atoms with Crippen LogP contribution in [0.5, 0.6) is 0 Å². The van der Waals surface area contributed by atoms with Crippen molar-refractivity contribution in [2.45, 2.75) is 247 Å². The van der Waals surface area contributed by atoms with Crippen molar-refractivity contribution in [2.75, 3.05) is 5.32 Å². The number of pyridine rings is 1. The van der Waals surface area contributed by atoms with Gasteiger partial charge in [-0.2, -0.15) is 0 Å². The number of carbonyl (C=O) groups is 1. The summed E-state index contributed by atoms with van der Waals surface area (Å²) in [7, 11) is 0. The van der Waals surface area contributed by atoms with Gasteiger partial charge >= 0.3 is 0 Å². The lowest BCUT2D eigenvalue weighted by atomic mass is 9.97. The van der Waals surface area contributed by atoms with Gasteiger partial charge in [0.1, 0.15) is 5.52 Å². The molecule has 1 N–H and O–H groups in total. The van der Waals surface area contributed by atoms with E-state index in [-0.39, 0.29) is 5.91 Å². The summed E-state index contributed by atoms with van der Waals surface area (Å²) in [6, 6.07) is 8.15. The summed E-state index contributed by atoms with van der Waals surface area (Å²) in [5.41, 5.74) is 6.01. The summed E-state index contributed by atoms with van der Waals surface area (Å²) >= 11 is 0. The summed E-state index contributed by atoms with van der Waals surface area (Å²) in [4.78, 5) is 22.5. The molecule has 1 aromatic carbocycles. The zero-order valence-electron chi connectivity index (χ0n) is 39.2. The number of imidazole rings is 1. The normalized spacial score (nSPS) is 12.4. The van der Waals surface area contributed by atoms with Gasteiger partial charge in [0.25, 0.3) is 0 Å². The van der Waals surface area contributed by atoms with Crippen LogP contribution in [0.4, 0.5) is 5.82 Å². The van der Waals surface area contributed by atoms with E-state index in [9.17, 15) is 4.79 Å². The van der Waals surface area contributed by atoms with Gasteiger partial charge in [0.15, 0.2) is 5.82 Å². The third-order valence-corrected chi connectivity index (χ3v) is 12.3. The molecule has 0 radical (unpaired) electrons. The number of nitrogens with zero attached hydrogens (tertiary/aromatic N) is 3. The van der Waals surface area contributed by atoms with E-state index in [0.717, 1.165) is 54.2 Å². The highest BCUT2D eigenvalue weighted by atomic mass is 16.1. The second-order valence-electron chi connectivity index (χ2n) is 18.5. The molecule has 0 unspecified atom stereocenters. The minimum absolute atomic E-state index is 0.0266. The average Bonchev–Trinajstić information content (AvgIpc) is 3.65. The number of rotatable bonds is 37. The molecule has 2 heterocycles. The number of hydrogen-bond acceptors (Lipinski definition) is 3. The molecule has 2 aromatic heterocycles. The summed E-state index contributed by atoms with van der Waals surface area (Å²) < 4.78 is 2.20. The van der Waals surface area contributed by atoms with Gasteiger partial charge in [0.05, 0.1) is 17.4 Å². The van der Waals surface area contributed by atoms with Crippen molar-refractivity contribution in [3.05, 3.63) is 53.9 Å². The largest absolute Gasteiger partial charge is 0.330 e. The van der Waals surface area contributed by atoms with E-state index in [4.69, 9.17) is 4.98 Å². The van der Waals surface area contributed by atoms with Crippen LogP contribution in [0, 0.1) is 5.92 Å². The fourth-order valence-electron chi connectivity index (χ4n) is 8.69. The van der Waals surface area contributed by atoms with E-state index in [2.05, 4.69) is 67.7 Å². The maximum Gasteiger partial charge on any atom is 0.225 e. The molecule has 3 rings (SSSR count). The van der Waals surface area contributed by atoms with Crippen molar-refractivity contribution in [2.24, 2.45) is 5.92 Å². The van der Waals surface area contributed by atoms with Crippen LogP contribution in [-0.2, 0) is 11.3 Å². The maximum atomic E-state index is 13.0. The average molecular weight is 811 g/mol. The van der Waals surface area contributed by atoms with Crippen molar-refractivity contribution in [3.63, 3.8) is 0 Å². The van der Waals surface area contributed by atoms with E-state index in [1.54, 1.807) is 5.57 Å². The Morgan fingerprint density at radius 2 is 1.12 bits per heavy atom. The molecule has 0 aliphatic carbocycles. The zero-order valence-corrected chi connectivity index (χ0v) is 39.2. The Kier molecular flexibility index (Phi) is 28.0. The van der Waals surface area contributed by atoms with E-state index >= 15 is 0 Å². The first-order chi connectivity index (χ1) is 28.9. The van der Waals surface area contributed by atoms with Crippen molar-refractivity contribution < 1.29 is 4.79 Å². The predicted molar refractivity (Wildman–Crippen MR) is 259 cm³/mol. The molecule has 5 heteroatoms. The Morgan fingerprint density at radius 1 is 0.627 bits per heavy atom. The molecule has 0 atom stereocenters. The monoisotopic (exact) mass is 811 g/mol. The van der Waals surface area contributed by atoms with Gasteiger partial charge in [-0.1, -0.05) is 198 Å². The van der Waals surface area contributed by atoms with Crippen LogP contribution in [-0.4, -0.2) is 20.4 Å². The number of anilines is 1. The molecule has 0 fully saturated rings. The topological polar surface area (TPSA) is 59.8 Å². The molecule has 59 heavy (non-hydrogen) atoms. The number of nitrogens with one attached hydrogen (secondary N) is 1. The molecule has 0 aliphatic rings. The van der Waals surface area contributed by atoms with Crippen molar-refractivity contribution in [3.8, 4) is 0 Å². The van der Waals surface area contributed by atoms with Gasteiger partial charge in [-0.25, -0.2) is 9.97 Å². The Labute approximate surface area is 363 Å². The number of para-hydroxylation sites is 1. The highest BCUT2D eigenvalue weighted by Gasteiger charge is 2.16. The Bertz CT molecular complexity index is 1580. The fraction of sp³-hybridized carbons (Fsp3) is 0.722. The van der Waals surface area contributed by atoms with Gasteiger partial charge in [-0.05, 0) is 89.5 Å². The van der Waals surface area contributed by atoms with Crippen LogP contribution in [0.15, 0.2) is 53.9 Å². The molecule has 1 amide bonds. The van der Waals surface area contributed by atoms with Crippen molar-refractivity contribution in [1.82, 2.24) is 14.5 Å². The lowest BCUT2D eigenvalue weighted by molar-refractivity contribution is -0.116. The predicted octanol–water partition coefficient (Wildman–Crippen LogP) is 17.6. The number of aromatic nitrogens is 3. The molecule has 0 bridgehead atoms. The molecular weight excluding hydrogens is 721 g/mol. The highest BCUT2D eigenvalue weighted by molar-refractivity contribution is 6.09. The first-order valence-corrected chi connectivity index (χ1v) is 25.3. The quantitative estimate of drug-likeness (QED) is 0.0466.